The lowest BCUT2D eigenvalue weighted by Gasteiger charge is -2.39. The van der Waals surface area contributed by atoms with E-state index >= 15 is 0 Å². The molecular formula is C13H20N2S. The predicted molar refractivity (Wildman–Crippen MR) is 68.8 cm³/mol. The Morgan fingerprint density at radius 2 is 2.25 bits per heavy atom. The van der Waals surface area contributed by atoms with Crippen LogP contribution in [0.25, 0.3) is 0 Å². The monoisotopic (exact) mass is 236 g/mol. The number of fused-ring (bicyclic) bond motifs is 1. The second-order valence-electron chi connectivity index (χ2n) is 5.10. The molecule has 88 valence electrons. The summed E-state index contributed by atoms with van der Waals surface area (Å²) in [6, 6.07) is 3.41. The first kappa shape index (κ1) is 10.8. The fourth-order valence-corrected chi connectivity index (χ4v) is 4.15. The largest absolute Gasteiger partial charge is 0.327 e. The zero-order valence-corrected chi connectivity index (χ0v) is 10.5. The minimum atomic E-state index is 0.401. The van der Waals surface area contributed by atoms with Crippen LogP contribution in [0.4, 0.5) is 0 Å². The van der Waals surface area contributed by atoms with E-state index in [-0.39, 0.29) is 0 Å². The highest BCUT2D eigenvalue weighted by atomic mass is 32.1. The molecule has 0 radical (unpaired) electrons. The minimum absolute atomic E-state index is 0.401. The highest BCUT2D eigenvalue weighted by molar-refractivity contribution is 7.10. The van der Waals surface area contributed by atoms with Crippen molar-refractivity contribution in [1.29, 1.82) is 0 Å². The summed E-state index contributed by atoms with van der Waals surface area (Å²) in [6.45, 7) is 2.34. The van der Waals surface area contributed by atoms with E-state index in [9.17, 15) is 0 Å². The Labute approximate surface area is 101 Å². The van der Waals surface area contributed by atoms with E-state index in [1.807, 2.05) is 11.3 Å². The van der Waals surface area contributed by atoms with Gasteiger partial charge in [0.1, 0.15) is 0 Å². The predicted octanol–water partition coefficient (Wildman–Crippen LogP) is 2.55. The van der Waals surface area contributed by atoms with E-state index in [4.69, 9.17) is 5.73 Å². The fourth-order valence-electron chi connectivity index (χ4n) is 3.16. The van der Waals surface area contributed by atoms with Gasteiger partial charge >= 0.3 is 0 Å². The molecule has 0 spiro atoms. The van der Waals surface area contributed by atoms with Crippen molar-refractivity contribution in [2.45, 2.75) is 44.2 Å². The smallest absolute Gasteiger partial charge is 0.0359 e. The van der Waals surface area contributed by atoms with Crippen LogP contribution >= 0.6 is 11.3 Å². The third-order valence-electron chi connectivity index (χ3n) is 3.95. The SMILES string of the molecule is NC1CCCN(C2CCCc3sccc32)C1. The van der Waals surface area contributed by atoms with Crippen LogP contribution in [0.3, 0.4) is 0 Å². The summed E-state index contributed by atoms with van der Waals surface area (Å²) >= 11 is 1.94. The van der Waals surface area contributed by atoms with E-state index in [1.165, 1.54) is 38.6 Å². The van der Waals surface area contributed by atoms with Crippen LogP contribution in [-0.2, 0) is 6.42 Å². The normalized spacial score (nSPS) is 31.3. The maximum absolute atomic E-state index is 6.09. The number of thiophene rings is 1. The van der Waals surface area contributed by atoms with Crippen molar-refractivity contribution in [1.82, 2.24) is 4.90 Å². The molecule has 3 heteroatoms. The molecule has 1 saturated heterocycles. The van der Waals surface area contributed by atoms with Crippen molar-refractivity contribution in [3.8, 4) is 0 Å². The lowest BCUT2D eigenvalue weighted by Crippen LogP contribution is -2.45. The molecule has 2 heterocycles. The van der Waals surface area contributed by atoms with Gasteiger partial charge in [-0.1, -0.05) is 0 Å². The molecule has 2 N–H and O–H groups in total. The summed E-state index contributed by atoms with van der Waals surface area (Å²) in [5, 5.41) is 2.26. The maximum Gasteiger partial charge on any atom is 0.0359 e. The van der Waals surface area contributed by atoms with Crippen molar-refractivity contribution in [2.75, 3.05) is 13.1 Å². The van der Waals surface area contributed by atoms with Gasteiger partial charge < -0.3 is 5.73 Å². The second-order valence-corrected chi connectivity index (χ2v) is 6.11. The lowest BCUT2D eigenvalue weighted by atomic mass is 9.91. The molecule has 2 atom stereocenters. The molecule has 0 bridgehead atoms. The molecule has 2 unspecified atom stereocenters. The van der Waals surface area contributed by atoms with Gasteiger partial charge in [-0.2, -0.15) is 0 Å². The van der Waals surface area contributed by atoms with Crippen LogP contribution in [0.2, 0.25) is 0 Å². The van der Waals surface area contributed by atoms with Gasteiger partial charge in [-0.15, -0.1) is 11.3 Å². The number of likely N-dealkylation sites (tertiary alicyclic amines) is 1. The van der Waals surface area contributed by atoms with Gasteiger partial charge in [-0.05, 0) is 55.7 Å². The van der Waals surface area contributed by atoms with Crippen molar-refractivity contribution in [3.63, 3.8) is 0 Å². The summed E-state index contributed by atoms with van der Waals surface area (Å²) in [5.74, 6) is 0. The highest BCUT2D eigenvalue weighted by Crippen LogP contribution is 2.38. The van der Waals surface area contributed by atoms with Crippen molar-refractivity contribution in [2.24, 2.45) is 5.73 Å². The topological polar surface area (TPSA) is 29.3 Å². The summed E-state index contributed by atoms with van der Waals surface area (Å²) in [4.78, 5) is 4.24. The van der Waals surface area contributed by atoms with Gasteiger partial charge in [0.15, 0.2) is 0 Å². The van der Waals surface area contributed by atoms with Crippen LogP contribution in [0, 0.1) is 0 Å². The second kappa shape index (κ2) is 4.47. The first-order chi connectivity index (χ1) is 7.84. The molecule has 1 aliphatic carbocycles. The quantitative estimate of drug-likeness (QED) is 0.812. The minimum Gasteiger partial charge on any atom is -0.327 e. The van der Waals surface area contributed by atoms with Gasteiger partial charge in [0, 0.05) is 23.5 Å². The van der Waals surface area contributed by atoms with E-state index in [2.05, 4.69) is 16.3 Å². The van der Waals surface area contributed by atoms with Crippen molar-refractivity contribution in [3.05, 3.63) is 21.9 Å². The van der Waals surface area contributed by atoms with Crippen LogP contribution in [0.1, 0.15) is 42.2 Å². The molecule has 1 fully saturated rings. The molecule has 1 aromatic heterocycles. The van der Waals surface area contributed by atoms with Gasteiger partial charge in [0.25, 0.3) is 0 Å². The van der Waals surface area contributed by atoms with Crippen LogP contribution < -0.4 is 5.73 Å². The highest BCUT2D eigenvalue weighted by Gasteiger charge is 2.29. The van der Waals surface area contributed by atoms with Crippen LogP contribution in [-0.4, -0.2) is 24.0 Å². The van der Waals surface area contributed by atoms with Crippen molar-refractivity contribution < 1.29 is 0 Å². The molecule has 2 nitrogen and oxygen atoms in total. The Balaban J connectivity index is 1.81. The summed E-state index contributed by atoms with van der Waals surface area (Å²) < 4.78 is 0. The van der Waals surface area contributed by atoms with Gasteiger partial charge in [0.2, 0.25) is 0 Å². The summed E-state index contributed by atoms with van der Waals surface area (Å²) in [5.41, 5.74) is 7.69. The van der Waals surface area contributed by atoms with E-state index in [1.54, 1.807) is 10.4 Å². The summed E-state index contributed by atoms with van der Waals surface area (Å²) in [7, 11) is 0. The molecule has 16 heavy (non-hydrogen) atoms. The first-order valence-corrected chi connectivity index (χ1v) is 7.28. The molecular weight excluding hydrogens is 216 g/mol. The number of piperidine rings is 1. The number of nitrogens with zero attached hydrogens (tertiary/aromatic N) is 1. The fraction of sp³-hybridized carbons (Fsp3) is 0.692. The van der Waals surface area contributed by atoms with E-state index in [0.29, 0.717) is 12.1 Å². The average molecular weight is 236 g/mol. The Kier molecular flexibility index (Phi) is 3.01. The lowest BCUT2D eigenvalue weighted by molar-refractivity contribution is 0.136. The average Bonchev–Trinajstić information content (AvgIpc) is 2.76. The van der Waals surface area contributed by atoms with Crippen molar-refractivity contribution >= 4 is 11.3 Å². The Hall–Kier alpha value is -0.380. The Bertz CT molecular complexity index is 361. The molecule has 0 saturated carbocycles. The van der Waals surface area contributed by atoms with Crippen LogP contribution in [0.15, 0.2) is 11.4 Å². The van der Waals surface area contributed by atoms with E-state index < -0.39 is 0 Å². The standard InChI is InChI=1S/C13H20N2S/c14-10-3-2-7-15(9-10)12-4-1-5-13-11(12)6-8-16-13/h6,8,10,12H,1-5,7,9,14H2. The molecule has 1 aliphatic heterocycles. The number of hydrogen-bond acceptors (Lipinski definition) is 3. The molecule has 0 amide bonds. The number of nitrogens with two attached hydrogens (primary N) is 1. The Morgan fingerprint density at radius 1 is 1.31 bits per heavy atom. The molecule has 1 aromatic rings. The summed E-state index contributed by atoms with van der Waals surface area (Å²) in [6.07, 6.45) is 6.46. The van der Waals surface area contributed by atoms with E-state index in [0.717, 1.165) is 6.54 Å². The zero-order chi connectivity index (χ0) is 11.0. The first-order valence-electron chi connectivity index (χ1n) is 6.40. The number of rotatable bonds is 1. The van der Waals surface area contributed by atoms with Gasteiger partial charge in [-0.3, -0.25) is 4.90 Å². The number of hydrogen-bond donors (Lipinski definition) is 1. The zero-order valence-electron chi connectivity index (χ0n) is 9.69. The molecule has 3 rings (SSSR count). The van der Waals surface area contributed by atoms with Gasteiger partial charge in [-0.25, -0.2) is 0 Å². The maximum atomic E-state index is 6.09. The Morgan fingerprint density at radius 3 is 3.12 bits per heavy atom. The molecule has 0 aromatic carbocycles. The third kappa shape index (κ3) is 1.92. The third-order valence-corrected chi connectivity index (χ3v) is 4.95. The van der Waals surface area contributed by atoms with Crippen LogP contribution in [0.5, 0.6) is 0 Å². The van der Waals surface area contributed by atoms with Gasteiger partial charge in [0.05, 0.1) is 0 Å². The number of aryl methyl sites for hydroxylation is 1. The molecule has 2 aliphatic rings.